The van der Waals surface area contributed by atoms with Crippen LogP contribution >= 0.6 is 22.7 Å². The Morgan fingerprint density at radius 3 is 0.768 bits per heavy atom. The Labute approximate surface area is 654 Å². The number of fused-ring (bicyclic) bond motifs is 13. The van der Waals surface area contributed by atoms with Crippen LogP contribution in [0.1, 0.15) is 0 Å². The summed E-state index contributed by atoms with van der Waals surface area (Å²) < 4.78 is 4.88. The molecule has 4 aromatic heterocycles. The summed E-state index contributed by atoms with van der Waals surface area (Å²) in [5.74, 6) is 3.98. The van der Waals surface area contributed by atoms with Gasteiger partial charge in [0, 0.05) is 73.7 Å². The number of hydrogen-bond acceptors (Lipinski definition) is 8. The Balaban J connectivity index is 0.000000142. The Hall–Kier alpha value is -14.3. The standard InChI is InChI=1S/C53H33N3S.C51H31N3S/c1-3-13-36(14-4-1)51-54-52(37-15-5-2-6-16-37)56-53(55-51)45-22-11-23-49-50(45)47-33-43(28-29-48(47)57-49)41-20-10-18-39(31-41)38-17-9-19-40(30-38)42-27-26-35-25-24-34-12-7-8-21-44(34)46(35)32-42;1-3-11-34(12-4-1)49-52-50(35-13-5-2-6-14-35)54-51(53-49)43-16-9-17-47-48(43)45-31-41(26-27-46(45)55-47)39-25-23-36-28-38(24-22-37(36)29-39)40-21-20-33-19-18-32-10-7-8-15-42(32)44(33)30-40/h1-33H;1-31H. The zero-order valence-corrected chi connectivity index (χ0v) is 62.1. The number of thiophene rings is 2. The molecule has 0 spiro atoms. The maximum absolute atomic E-state index is 5.10. The van der Waals surface area contributed by atoms with Crippen LogP contribution in [-0.2, 0) is 0 Å². The van der Waals surface area contributed by atoms with E-state index in [9.17, 15) is 0 Å². The fourth-order valence-corrected chi connectivity index (χ4v) is 18.2. The molecule has 0 bridgehead atoms. The topological polar surface area (TPSA) is 77.3 Å². The van der Waals surface area contributed by atoms with Gasteiger partial charge in [0.05, 0.1) is 0 Å². The van der Waals surface area contributed by atoms with Gasteiger partial charge in [-0.2, -0.15) is 0 Å². The van der Waals surface area contributed by atoms with Crippen LogP contribution in [0, 0.1) is 0 Å². The minimum absolute atomic E-state index is 0.659. The first kappa shape index (κ1) is 66.0. The quantitative estimate of drug-likeness (QED) is 0.120. The Bertz CT molecular complexity index is 7330. The van der Waals surface area contributed by atoms with Gasteiger partial charge in [0.15, 0.2) is 34.9 Å². The van der Waals surface area contributed by atoms with Gasteiger partial charge in [-0.1, -0.05) is 315 Å². The second-order valence-corrected chi connectivity index (χ2v) is 30.6. The van der Waals surface area contributed by atoms with Gasteiger partial charge in [0.25, 0.3) is 0 Å². The van der Waals surface area contributed by atoms with E-state index in [0.29, 0.717) is 34.9 Å². The average molecular weight is 1460 g/mol. The lowest BCUT2D eigenvalue weighted by Gasteiger charge is -2.11. The monoisotopic (exact) mass is 1460 g/mol. The van der Waals surface area contributed by atoms with Crippen LogP contribution in [0.15, 0.2) is 388 Å². The van der Waals surface area contributed by atoms with E-state index in [-0.39, 0.29) is 0 Å². The van der Waals surface area contributed by atoms with Crippen molar-refractivity contribution in [3.05, 3.63) is 388 Å². The minimum Gasteiger partial charge on any atom is -0.208 e. The van der Waals surface area contributed by atoms with Crippen molar-refractivity contribution in [1.29, 1.82) is 0 Å². The molecule has 8 heteroatoms. The van der Waals surface area contributed by atoms with Crippen molar-refractivity contribution >= 4 is 117 Å². The molecule has 6 nitrogen and oxygen atoms in total. The van der Waals surface area contributed by atoms with Gasteiger partial charge < -0.3 is 0 Å². The fourth-order valence-electron chi connectivity index (χ4n) is 16.0. The zero-order valence-electron chi connectivity index (χ0n) is 60.5. The van der Waals surface area contributed by atoms with E-state index < -0.39 is 0 Å². The third kappa shape index (κ3) is 12.3. The predicted octanol–water partition coefficient (Wildman–Crippen LogP) is 28.6. The lowest BCUT2D eigenvalue weighted by atomic mass is 9.94. The molecule has 0 atom stereocenters. The lowest BCUT2D eigenvalue weighted by Crippen LogP contribution is -2.00. The summed E-state index contributed by atoms with van der Waals surface area (Å²) in [5, 5.41) is 17.4. The number of aromatic nitrogens is 6. The fraction of sp³-hybridized carbons (Fsp3) is 0. The van der Waals surface area contributed by atoms with Gasteiger partial charge in [0.1, 0.15) is 0 Å². The highest BCUT2D eigenvalue weighted by Crippen LogP contribution is 2.45. The smallest absolute Gasteiger partial charge is 0.164 e. The summed E-state index contributed by atoms with van der Waals surface area (Å²) in [6.07, 6.45) is 0. The lowest BCUT2D eigenvalue weighted by molar-refractivity contribution is 1.08. The van der Waals surface area contributed by atoms with E-state index in [1.165, 1.54) is 144 Å². The molecule has 0 amide bonds. The SMILES string of the molecule is c1ccc(-c2nc(-c3ccccc3)nc(-c3cccc4sc5ccc(-c6ccc7cc(-c8ccc9ccc%10ccccc%10c9c8)ccc7c6)cc5c34)n2)cc1.c1ccc(-c2nc(-c3ccccc3)nc(-c3cccc4sc5ccc(-c6cccc(-c7cccc(-c8ccc9ccc%10ccccc%10c9c8)c7)c6)cc5c34)n2)cc1. The second kappa shape index (κ2) is 28.1. The highest BCUT2D eigenvalue weighted by atomic mass is 32.1. The normalized spacial score (nSPS) is 11.6. The van der Waals surface area contributed by atoms with Crippen molar-refractivity contribution in [2.45, 2.75) is 0 Å². The van der Waals surface area contributed by atoms with Gasteiger partial charge in [-0.15, -0.1) is 22.7 Å². The summed E-state index contributed by atoms with van der Waals surface area (Å²) in [6, 6.07) is 138. The first-order valence-electron chi connectivity index (χ1n) is 37.7. The molecule has 112 heavy (non-hydrogen) atoms. The molecule has 4 heterocycles. The predicted molar refractivity (Wildman–Crippen MR) is 473 cm³/mol. The van der Waals surface area contributed by atoms with Crippen molar-refractivity contribution in [2.75, 3.05) is 0 Å². The molecular weight excluding hydrogens is 1400 g/mol. The molecule has 0 unspecified atom stereocenters. The van der Waals surface area contributed by atoms with Gasteiger partial charge in [0.2, 0.25) is 0 Å². The summed E-state index contributed by atoms with van der Waals surface area (Å²) in [5.41, 5.74) is 17.8. The van der Waals surface area contributed by atoms with E-state index in [2.05, 4.69) is 315 Å². The van der Waals surface area contributed by atoms with Gasteiger partial charge in [-0.25, -0.2) is 29.9 Å². The van der Waals surface area contributed by atoms with Crippen LogP contribution in [0.25, 0.3) is 218 Å². The number of nitrogens with zero attached hydrogens (tertiary/aromatic N) is 6. The van der Waals surface area contributed by atoms with Crippen LogP contribution in [-0.4, -0.2) is 29.9 Å². The molecule has 0 aliphatic carbocycles. The second-order valence-electron chi connectivity index (χ2n) is 28.4. The highest BCUT2D eigenvalue weighted by Gasteiger charge is 2.21. The summed E-state index contributed by atoms with van der Waals surface area (Å²) in [4.78, 5) is 30.3. The molecule has 0 fully saturated rings. The van der Waals surface area contributed by atoms with Crippen molar-refractivity contribution in [2.24, 2.45) is 0 Å². The maximum Gasteiger partial charge on any atom is 0.164 e. The summed E-state index contributed by atoms with van der Waals surface area (Å²) in [6.45, 7) is 0. The van der Waals surface area contributed by atoms with Crippen LogP contribution < -0.4 is 0 Å². The zero-order chi connectivity index (χ0) is 74.0. The first-order valence-corrected chi connectivity index (χ1v) is 39.3. The molecule has 0 N–H and O–H groups in total. The molecule has 22 rings (SSSR count). The van der Waals surface area contributed by atoms with E-state index in [1.807, 2.05) is 84.1 Å². The summed E-state index contributed by atoms with van der Waals surface area (Å²) >= 11 is 3.61. The molecule has 18 aromatic carbocycles. The molecular formula is C104H64N6S2. The molecule has 0 radical (unpaired) electrons. The Morgan fingerprint density at radius 2 is 0.402 bits per heavy atom. The van der Waals surface area contributed by atoms with Crippen molar-refractivity contribution in [3.63, 3.8) is 0 Å². The number of benzene rings is 18. The third-order valence-electron chi connectivity index (χ3n) is 21.6. The van der Waals surface area contributed by atoms with Crippen LogP contribution in [0.4, 0.5) is 0 Å². The largest absolute Gasteiger partial charge is 0.208 e. The average Bonchev–Trinajstić information content (AvgIpc) is 1.58. The van der Waals surface area contributed by atoms with Crippen LogP contribution in [0.3, 0.4) is 0 Å². The molecule has 22 aromatic rings. The summed E-state index contributed by atoms with van der Waals surface area (Å²) in [7, 11) is 0. The van der Waals surface area contributed by atoms with Gasteiger partial charge in [-0.05, 0) is 182 Å². The van der Waals surface area contributed by atoms with Crippen molar-refractivity contribution in [1.82, 2.24) is 29.9 Å². The van der Waals surface area contributed by atoms with Crippen molar-refractivity contribution < 1.29 is 0 Å². The van der Waals surface area contributed by atoms with E-state index in [1.54, 1.807) is 11.3 Å². The number of hydrogen-bond donors (Lipinski definition) is 0. The molecule has 0 aliphatic heterocycles. The van der Waals surface area contributed by atoms with Crippen molar-refractivity contribution in [3.8, 4) is 124 Å². The molecule has 0 saturated heterocycles. The Morgan fingerprint density at radius 1 is 0.143 bits per heavy atom. The molecule has 522 valence electrons. The van der Waals surface area contributed by atoms with Crippen LogP contribution in [0.2, 0.25) is 0 Å². The Kier molecular flexibility index (Phi) is 16.5. The van der Waals surface area contributed by atoms with Gasteiger partial charge >= 0.3 is 0 Å². The number of rotatable bonds is 11. The first-order chi connectivity index (χ1) is 55.4. The third-order valence-corrected chi connectivity index (χ3v) is 23.9. The molecule has 0 saturated carbocycles. The van der Waals surface area contributed by atoms with E-state index in [4.69, 9.17) is 29.9 Å². The van der Waals surface area contributed by atoms with Gasteiger partial charge in [-0.3, -0.25) is 0 Å². The van der Waals surface area contributed by atoms with E-state index >= 15 is 0 Å². The van der Waals surface area contributed by atoms with E-state index in [0.717, 1.165) is 38.8 Å². The molecule has 0 aliphatic rings. The van der Waals surface area contributed by atoms with Crippen LogP contribution in [0.5, 0.6) is 0 Å². The minimum atomic E-state index is 0.659. The maximum atomic E-state index is 5.10. The highest BCUT2D eigenvalue weighted by molar-refractivity contribution is 7.26.